The van der Waals surface area contributed by atoms with E-state index in [4.69, 9.17) is 16.7 Å². The molecule has 3 heteroatoms. The molecular weight excluding hydrogens is 248 g/mol. The smallest absolute Gasteiger partial charge is 0.310 e. The van der Waals surface area contributed by atoms with Crippen molar-refractivity contribution in [3.8, 4) is 11.1 Å². The number of benzene rings is 2. The maximum Gasteiger partial charge on any atom is 0.310 e. The van der Waals surface area contributed by atoms with E-state index in [1.54, 1.807) is 6.92 Å². The molecule has 0 saturated carbocycles. The van der Waals surface area contributed by atoms with Crippen LogP contribution in [0.1, 0.15) is 18.4 Å². The Morgan fingerprint density at radius 2 is 1.78 bits per heavy atom. The first-order chi connectivity index (χ1) is 8.58. The van der Waals surface area contributed by atoms with Gasteiger partial charge < -0.3 is 5.11 Å². The van der Waals surface area contributed by atoms with Crippen molar-refractivity contribution in [1.29, 1.82) is 0 Å². The number of carboxylic acids is 1. The van der Waals surface area contributed by atoms with Crippen LogP contribution in [-0.4, -0.2) is 11.1 Å². The molecule has 0 fully saturated rings. The summed E-state index contributed by atoms with van der Waals surface area (Å²) < 4.78 is 0. The van der Waals surface area contributed by atoms with Crippen LogP contribution in [0.15, 0.2) is 48.5 Å². The van der Waals surface area contributed by atoms with Crippen molar-refractivity contribution in [1.82, 2.24) is 0 Å². The fourth-order valence-corrected chi connectivity index (χ4v) is 1.90. The summed E-state index contributed by atoms with van der Waals surface area (Å²) in [6, 6.07) is 15.1. The third-order valence-corrected chi connectivity index (χ3v) is 3.19. The quantitative estimate of drug-likeness (QED) is 0.898. The van der Waals surface area contributed by atoms with E-state index in [2.05, 4.69) is 0 Å². The van der Waals surface area contributed by atoms with E-state index in [1.807, 2.05) is 48.5 Å². The molecule has 0 aliphatic rings. The van der Waals surface area contributed by atoms with Crippen LogP contribution in [0.4, 0.5) is 0 Å². The Bertz CT molecular complexity index is 561. The number of carbonyl (C=O) groups is 1. The lowest BCUT2D eigenvalue weighted by Gasteiger charge is -2.09. The normalized spacial score (nSPS) is 12.1. The predicted octanol–water partition coefficient (Wildman–Crippen LogP) is 4.20. The van der Waals surface area contributed by atoms with Crippen molar-refractivity contribution >= 4 is 17.6 Å². The fourth-order valence-electron chi connectivity index (χ4n) is 1.77. The Hall–Kier alpha value is -1.80. The van der Waals surface area contributed by atoms with Crippen molar-refractivity contribution in [2.75, 3.05) is 0 Å². The minimum absolute atomic E-state index is 0.503. The predicted molar refractivity (Wildman–Crippen MR) is 72.9 cm³/mol. The molecule has 1 atom stereocenters. The van der Waals surface area contributed by atoms with Gasteiger partial charge in [-0.25, -0.2) is 0 Å². The first-order valence-corrected chi connectivity index (χ1v) is 6.04. The van der Waals surface area contributed by atoms with E-state index in [9.17, 15) is 4.79 Å². The summed E-state index contributed by atoms with van der Waals surface area (Å²) in [5.41, 5.74) is 2.83. The molecule has 0 heterocycles. The average molecular weight is 261 g/mol. The number of rotatable bonds is 3. The summed E-state index contributed by atoms with van der Waals surface area (Å²) in [4.78, 5) is 11.0. The topological polar surface area (TPSA) is 37.3 Å². The molecular formula is C15H13ClO2. The summed E-state index contributed by atoms with van der Waals surface area (Å²) >= 11 is 5.84. The lowest BCUT2D eigenvalue weighted by atomic mass is 9.96. The number of hydrogen-bond donors (Lipinski definition) is 1. The summed E-state index contributed by atoms with van der Waals surface area (Å²) in [5, 5.41) is 9.70. The monoisotopic (exact) mass is 260 g/mol. The van der Waals surface area contributed by atoms with Crippen LogP contribution in [0.5, 0.6) is 0 Å². The van der Waals surface area contributed by atoms with Gasteiger partial charge in [-0.2, -0.15) is 0 Å². The molecule has 92 valence electrons. The summed E-state index contributed by atoms with van der Waals surface area (Å²) in [5.74, 6) is -1.32. The van der Waals surface area contributed by atoms with Crippen molar-refractivity contribution in [3.05, 3.63) is 59.1 Å². The van der Waals surface area contributed by atoms with Crippen molar-refractivity contribution in [3.63, 3.8) is 0 Å². The number of hydrogen-bond acceptors (Lipinski definition) is 1. The summed E-state index contributed by atoms with van der Waals surface area (Å²) in [6.07, 6.45) is 0. The fraction of sp³-hybridized carbons (Fsp3) is 0.133. The molecule has 2 aromatic carbocycles. The third-order valence-electron chi connectivity index (χ3n) is 2.93. The molecule has 0 aliphatic heterocycles. The van der Waals surface area contributed by atoms with Crippen LogP contribution < -0.4 is 0 Å². The van der Waals surface area contributed by atoms with Gasteiger partial charge in [0.25, 0.3) is 0 Å². The van der Waals surface area contributed by atoms with E-state index in [0.29, 0.717) is 5.02 Å². The van der Waals surface area contributed by atoms with Crippen molar-refractivity contribution in [2.45, 2.75) is 12.8 Å². The van der Waals surface area contributed by atoms with Crippen molar-refractivity contribution < 1.29 is 9.90 Å². The molecule has 18 heavy (non-hydrogen) atoms. The maximum atomic E-state index is 11.0. The Morgan fingerprint density at radius 1 is 1.11 bits per heavy atom. The molecule has 0 radical (unpaired) electrons. The van der Waals surface area contributed by atoms with Gasteiger partial charge in [0.2, 0.25) is 0 Å². The van der Waals surface area contributed by atoms with E-state index < -0.39 is 11.9 Å². The van der Waals surface area contributed by atoms with Gasteiger partial charge in [-0.05, 0) is 35.7 Å². The van der Waals surface area contributed by atoms with E-state index >= 15 is 0 Å². The molecule has 0 bridgehead atoms. The van der Waals surface area contributed by atoms with Gasteiger partial charge in [0, 0.05) is 5.02 Å². The molecule has 0 saturated heterocycles. The summed E-state index contributed by atoms with van der Waals surface area (Å²) in [6.45, 7) is 1.68. The van der Waals surface area contributed by atoms with Gasteiger partial charge in [-0.15, -0.1) is 0 Å². The number of carboxylic acid groups (broad SMARTS) is 1. The number of halogens is 1. The second-order valence-corrected chi connectivity index (χ2v) is 4.63. The SMILES string of the molecule is C[C@H](C(=O)O)c1cccc(-c2ccc(Cl)cc2)c1. The molecule has 0 unspecified atom stereocenters. The van der Waals surface area contributed by atoms with Gasteiger partial charge >= 0.3 is 5.97 Å². The molecule has 0 aromatic heterocycles. The first kappa shape index (κ1) is 12.7. The molecule has 0 spiro atoms. The Labute approximate surface area is 111 Å². The highest BCUT2D eigenvalue weighted by Crippen LogP contribution is 2.25. The molecule has 0 aliphatic carbocycles. The van der Waals surface area contributed by atoms with Crippen LogP contribution in [0.25, 0.3) is 11.1 Å². The van der Waals surface area contributed by atoms with Gasteiger partial charge in [0.15, 0.2) is 0 Å². The third kappa shape index (κ3) is 2.71. The van der Waals surface area contributed by atoms with Gasteiger partial charge in [0.1, 0.15) is 0 Å². The molecule has 0 amide bonds. The van der Waals surface area contributed by atoms with E-state index in [-0.39, 0.29) is 0 Å². The Balaban J connectivity index is 2.38. The lowest BCUT2D eigenvalue weighted by molar-refractivity contribution is -0.138. The molecule has 1 N–H and O–H groups in total. The molecule has 2 rings (SSSR count). The van der Waals surface area contributed by atoms with Crippen molar-refractivity contribution in [2.24, 2.45) is 0 Å². The van der Waals surface area contributed by atoms with E-state index in [1.165, 1.54) is 0 Å². The van der Waals surface area contributed by atoms with Crippen LogP contribution in [0.2, 0.25) is 5.02 Å². The Kier molecular flexibility index (Phi) is 3.68. The standard InChI is InChI=1S/C15H13ClO2/c1-10(15(17)18)12-3-2-4-13(9-12)11-5-7-14(16)8-6-11/h2-10H,1H3,(H,17,18)/t10-/m0/s1. The van der Waals surface area contributed by atoms with Gasteiger partial charge in [-0.1, -0.05) is 48.0 Å². The van der Waals surface area contributed by atoms with Crippen LogP contribution in [-0.2, 0) is 4.79 Å². The zero-order valence-electron chi connectivity index (χ0n) is 9.93. The molecule has 2 aromatic rings. The van der Waals surface area contributed by atoms with Gasteiger partial charge in [-0.3, -0.25) is 4.79 Å². The van der Waals surface area contributed by atoms with Crippen LogP contribution in [0, 0.1) is 0 Å². The lowest BCUT2D eigenvalue weighted by Crippen LogP contribution is -2.07. The number of aliphatic carboxylic acids is 1. The highest BCUT2D eigenvalue weighted by atomic mass is 35.5. The average Bonchev–Trinajstić information content (AvgIpc) is 2.38. The highest BCUT2D eigenvalue weighted by Gasteiger charge is 2.13. The first-order valence-electron chi connectivity index (χ1n) is 5.66. The minimum atomic E-state index is -0.816. The minimum Gasteiger partial charge on any atom is -0.481 e. The molecule has 2 nitrogen and oxygen atoms in total. The largest absolute Gasteiger partial charge is 0.481 e. The highest BCUT2D eigenvalue weighted by molar-refractivity contribution is 6.30. The zero-order chi connectivity index (χ0) is 13.1. The Morgan fingerprint density at radius 3 is 2.39 bits per heavy atom. The van der Waals surface area contributed by atoms with Gasteiger partial charge in [0.05, 0.1) is 5.92 Å². The second kappa shape index (κ2) is 5.23. The summed E-state index contributed by atoms with van der Waals surface area (Å²) in [7, 11) is 0. The van der Waals surface area contributed by atoms with E-state index in [0.717, 1.165) is 16.7 Å². The van der Waals surface area contributed by atoms with Crippen LogP contribution in [0.3, 0.4) is 0 Å². The van der Waals surface area contributed by atoms with Crippen LogP contribution >= 0.6 is 11.6 Å². The second-order valence-electron chi connectivity index (χ2n) is 4.19. The zero-order valence-corrected chi connectivity index (χ0v) is 10.7. The maximum absolute atomic E-state index is 11.0.